The third kappa shape index (κ3) is 3.43. The number of nitrogens with one attached hydrogen (secondary N) is 1. The fraction of sp³-hybridized carbons (Fsp3) is 0. The summed E-state index contributed by atoms with van der Waals surface area (Å²) >= 11 is 9.05. The highest BCUT2D eigenvalue weighted by atomic mass is 79.9. The van der Waals surface area contributed by atoms with Gasteiger partial charge in [-0.1, -0.05) is 27.5 Å². The number of sulfonamides is 1. The molecule has 0 aliphatic heterocycles. The van der Waals surface area contributed by atoms with Gasteiger partial charge in [0, 0.05) is 10.5 Å². The Kier molecular flexibility index (Phi) is 4.07. The Hall–Kier alpha value is -1.18. The number of rotatable bonds is 3. The number of halogens is 3. The van der Waals surface area contributed by atoms with Crippen LogP contribution in [0.1, 0.15) is 0 Å². The third-order valence-electron chi connectivity index (χ3n) is 2.14. The average Bonchev–Trinajstić information content (AvgIpc) is 2.27. The van der Waals surface area contributed by atoms with E-state index in [-0.39, 0.29) is 15.6 Å². The van der Waals surface area contributed by atoms with Gasteiger partial charge in [0.1, 0.15) is 10.7 Å². The van der Waals surface area contributed by atoms with E-state index >= 15 is 0 Å². The Morgan fingerprint density at radius 2 is 2.00 bits per heavy atom. The second-order valence-corrected chi connectivity index (χ2v) is 6.55. The van der Waals surface area contributed by atoms with Crippen molar-refractivity contribution in [3.63, 3.8) is 0 Å². The van der Waals surface area contributed by atoms with Crippen LogP contribution in [0.5, 0.6) is 0 Å². The van der Waals surface area contributed by atoms with E-state index in [9.17, 15) is 12.8 Å². The predicted octanol–water partition coefficient (Wildman–Crippen LogP) is 3.44. The molecule has 19 heavy (non-hydrogen) atoms. The van der Waals surface area contributed by atoms with Gasteiger partial charge in [0.25, 0.3) is 10.0 Å². The molecule has 0 aliphatic rings. The Balaban J connectivity index is 2.38. The number of pyridine rings is 1. The Morgan fingerprint density at radius 3 is 2.63 bits per heavy atom. The van der Waals surface area contributed by atoms with Crippen LogP contribution in [0.25, 0.3) is 0 Å². The third-order valence-corrected chi connectivity index (χ3v) is 4.50. The lowest BCUT2D eigenvalue weighted by Crippen LogP contribution is -2.13. The van der Waals surface area contributed by atoms with Gasteiger partial charge in [0.2, 0.25) is 0 Å². The zero-order chi connectivity index (χ0) is 14.0. The molecule has 1 aromatic heterocycles. The van der Waals surface area contributed by atoms with Crippen molar-refractivity contribution < 1.29 is 12.8 Å². The molecular formula is C11H7BrClFN2O2S. The van der Waals surface area contributed by atoms with E-state index in [1.807, 2.05) is 0 Å². The molecule has 0 unspecified atom stereocenters. The molecule has 2 rings (SSSR count). The van der Waals surface area contributed by atoms with Crippen LogP contribution in [0, 0.1) is 5.82 Å². The molecule has 0 atom stereocenters. The molecule has 4 nitrogen and oxygen atoms in total. The maximum Gasteiger partial charge on any atom is 0.263 e. The van der Waals surface area contributed by atoms with Crippen LogP contribution < -0.4 is 4.72 Å². The zero-order valence-electron chi connectivity index (χ0n) is 9.27. The number of hydrogen-bond acceptors (Lipinski definition) is 3. The second-order valence-electron chi connectivity index (χ2n) is 3.57. The number of anilines is 1. The van der Waals surface area contributed by atoms with Gasteiger partial charge in [-0.2, -0.15) is 0 Å². The fourth-order valence-corrected chi connectivity index (χ4v) is 3.44. The van der Waals surface area contributed by atoms with Crippen LogP contribution in [0.2, 0.25) is 5.02 Å². The van der Waals surface area contributed by atoms with Crippen LogP contribution >= 0.6 is 27.5 Å². The van der Waals surface area contributed by atoms with E-state index in [1.165, 1.54) is 18.3 Å². The number of nitrogens with zero attached hydrogens (tertiary/aromatic N) is 1. The Morgan fingerprint density at radius 1 is 1.26 bits per heavy atom. The summed E-state index contributed by atoms with van der Waals surface area (Å²) in [6.07, 6.45) is 2.18. The molecule has 0 saturated heterocycles. The quantitative estimate of drug-likeness (QED) is 0.906. The van der Waals surface area contributed by atoms with E-state index in [1.54, 1.807) is 6.07 Å². The molecule has 2 aromatic rings. The first-order valence-electron chi connectivity index (χ1n) is 4.97. The van der Waals surface area contributed by atoms with Crippen molar-refractivity contribution in [1.82, 2.24) is 4.98 Å². The lowest BCUT2D eigenvalue weighted by molar-refractivity contribution is 0.601. The monoisotopic (exact) mass is 364 g/mol. The molecule has 0 saturated carbocycles. The summed E-state index contributed by atoms with van der Waals surface area (Å²) in [5.41, 5.74) is 0.0268. The summed E-state index contributed by atoms with van der Waals surface area (Å²) in [7, 11) is -3.89. The minimum atomic E-state index is -3.89. The van der Waals surface area contributed by atoms with Crippen molar-refractivity contribution in [1.29, 1.82) is 0 Å². The lowest BCUT2D eigenvalue weighted by atomic mass is 10.4. The zero-order valence-corrected chi connectivity index (χ0v) is 12.4. The van der Waals surface area contributed by atoms with Gasteiger partial charge in [-0.15, -0.1) is 0 Å². The minimum Gasteiger partial charge on any atom is -0.278 e. The van der Waals surface area contributed by atoms with Gasteiger partial charge < -0.3 is 0 Å². The van der Waals surface area contributed by atoms with Crippen molar-refractivity contribution in [2.24, 2.45) is 0 Å². The van der Waals surface area contributed by atoms with Gasteiger partial charge in [0.05, 0.1) is 23.1 Å². The van der Waals surface area contributed by atoms with Gasteiger partial charge in [-0.3, -0.25) is 9.71 Å². The Labute approximate surface area is 122 Å². The number of aromatic nitrogens is 1. The molecule has 1 aromatic carbocycles. The fourth-order valence-electron chi connectivity index (χ4n) is 1.37. The highest BCUT2D eigenvalue weighted by Gasteiger charge is 2.18. The SMILES string of the molecule is O=S(=O)(Nc1cncc(F)c1)c1ccc(Br)cc1Cl. The summed E-state index contributed by atoms with van der Waals surface area (Å²) in [5, 5.41) is 0.0613. The molecule has 8 heteroatoms. The summed E-state index contributed by atoms with van der Waals surface area (Å²) in [4.78, 5) is 3.46. The van der Waals surface area contributed by atoms with Crippen molar-refractivity contribution in [3.05, 3.63) is 52.0 Å². The van der Waals surface area contributed by atoms with Crippen LogP contribution in [0.15, 0.2) is 46.0 Å². The molecule has 1 N–H and O–H groups in total. The molecule has 0 spiro atoms. The molecule has 100 valence electrons. The summed E-state index contributed by atoms with van der Waals surface area (Å²) < 4.78 is 40.0. The average molecular weight is 366 g/mol. The first-order valence-corrected chi connectivity index (χ1v) is 7.62. The lowest BCUT2D eigenvalue weighted by Gasteiger charge is -2.09. The minimum absolute atomic E-state index is 0.0268. The highest BCUT2D eigenvalue weighted by Crippen LogP contribution is 2.26. The Bertz CT molecular complexity index is 724. The largest absolute Gasteiger partial charge is 0.278 e. The number of benzene rings is 1. The van der Waals surface area contributed by atoms with E-state index < -0.39 is 15.8 Å². The van der Waals surface area contributed by atoms with Crippen molar-refractivity contribution in [3.8, 4) is 0 Å². The predicted molar refractivity (Wildman–Crippen MR) is 74.2 cm³/mol. The van der Waals surface area contributed by atoms with Gasteiger partial charge in [0.15, 0.2) is 0 Å². The normalized spacial score (nSPS) is 11.3. The molecule has 0 aliphatic carbocycles. The number of hydrogen-bond donors (Lipinski definition) is 1. The van der Waals surface area contributed by atoms with Gasteiger partial charge >= 0.3 is 0 Å². The van der Waals surface area contributed by atoms with Crippen LogP contribution in [0.4, 0.5) is 10.1 Å². The highest BCUT2D eigenvalue weighted by molar-refractivity contribution is 9.10. The summed E-state index contributed by atoms with van der Waals surface area (Å²) in [6, 6.07) is 5.38. The second kappa shape index (κ2) is 5.44. The molecule has 0 bridgehead atoms. The van der Waals surface area contributed by atoms with Crippen molar-refractivity contribution >= 4 is 43.2 Å². The van der Waals surface area contributed by atoms with Crippen LogP contribution in [-0.2, 0) is 10.0 Å². The summed E-state index contributed by atoms with van der Waals surface area (Å²) in [6.45, 7) is 0. The smallest absolute Gasteiger partial charge is 0.263 e. The first-order chi connectivity index (χ1) is 8.88. The molecule has 0 fully saturated rings. The molecule has 1 heterocycles. The molecular weight excluding hydrogens is 359 g/mol. The topological polar surface area (TPSA) is 59.1 Å². The van der Waals surface area contributed by atoms with Crippen LogP contribution in [0.3, 0.4) is 0 Å². The maximum atomic E-state index is 12.9. The van der Waals surface area contributed by atoms with Gasteiger partial charge in [-0.05, 0) is 18.2 Å². The van der Waals surface area contributed by atoms with Crippen LogP contribution in [-0.4, -0.2) is 13.4 Å². The molecule has 0 amide bonds. The molecule has 0 radical (unpaired) electrons. The van der Waals surface area contributed by atoms with E-state index in [4.69, 9.17) is 11.6 Å². The maximum absolute atomic E-state index is 12.9. The van der Waals surface area contributed by atoms with E-state index in [2.05, 4.69) is 25.6 Å². The first kappa shape index (κ1) is 14.2. The van der Waals surface area contributed by atoms with E-state index in [0.717, 1.165) is 12.3 Å². The van der Waals surface area contributed by atoms with E-state index in [0.29, 0.717) is 4.47 Å². The van der Waals surface area contributed by atoms with Crippen molar-refractivity contribution in [2.75, 3.05) is 4.72 Å². The summed E-state index contributed by atoms with van der Waals surface area (Å²) in [5.74, 6) is -0.637. The van der Waals surface area contributed by atoms with Gasteiger partial charge in [-0.25, -0.2) is 12.8 Å². The standard InChI is InChI=1S/C11H7BrClFN2O2S/c12-7-1-2-11(10(13)3-7)19(17,18)16-9-4-8(14)5-15-6-9/h1-6,16H. The van der Waals surface area contributed by atoms with Crippen molar-refractivity contribution in [2.45, 2.75) is 4.90 Å².